The largest absolute Gasteiger partial charge is 0.373 e. The molecule has 0 saturated carbocycles. The lowest BCUT2D eigenvalue weighted by molar-refractivity contribution is 0.0406. The van der Waals surface area contributed by atoms with Gasteiger partial charge in [0.05, 0.1) is 18.4 Å². The molecule has 0 aromatic heterocycles. The van der Waals surface area contributed by atoms with Crippen molar-refractivity contribution in [2.24, 2.45) is 5.92 Å². The fourth-order valence-corrected chi connectivity index (χ4v) is 4.42. The second kappa shape index (κ2) is 6.42. The first-order valence-electron chi connectivity index (χ1n) is 8.94. The molecule has 128 valence electrons. The zero-order chi connectivity index (χ0) is 15.8. The van der Waals surface area contributed by atoms with Gasteiger partial charge in [0.1, 0.15) is 12.1 Å². The van der Waals surface area contributed by atoms with Crippen molar-refractivity contribution in [3.63, 3.8) is 0 Å². The number of allylic oxidation sites excluding steroid dienone is 1. The lowest BCUT2D eigenvalue weighted by Gasteiger charge is -2.45. The van der Waals surface area contributed by atoms with Crippen molar-refractivity contribution in [2.45, 2.75) is 50.4 Å². The molecule has 0 aromatic carbocycles. The molecule has 3 fully saturated rings. The molecule has 0 aromatic rings. The van der Waals surface area contributed by atoms with Crippen molar-refractivity contribution in [1.82, 2.24) is 20.4 Å². The summed E-state index contributed by atoms with van der Waals surface area (Å²) >= 11 is 0. The molecule has 5 aliphatic rings. The Morgan fingerprint density at radius 1 is 1.30 bits per heavy atom. The lowest BCUT2D eigenvalue weighted by Crippen LogP contribution is -2.58. The Morgan fingerprint density at radius 2 is 2.13 bits per heavy atom. The number of rotatable bonds is 4. The van der Waals surface area contributed by atoms with Gasteiger partial charge in [-0.05, 0) is 51.1 Å². The third kappa shape index (κ3) is 3.12. The minimum atomic E-state index is -0.693. The fraction of sp³-hybridized carbons (Fsp3) is 0.765. The fourth-order valence-electron chi connectivity index (χ4n) is 4.42. The zero-order valence-electron chi connectivity index (χ0n) is 13.5. The van der Waals surface area contributed by atoms with Crippen LogP contribution in [0.3, 0.4) is 0 Å². The maximum absolute atomic E-state index is 14.0. The average Bonchev–Trinajstić information content (AvgIpc) is 3.06. The van der Waals surface area contributed by atoms with Crippen LogP contribution in [0.15, 0.2) is 23.8 Å². The van der Waals surface area contributed by atoms with Crippen LogP contribution in [0.25, 0.3) is 0 Å². The van der Waals surface area contributed by atoms with Gasteiger partial charge in [-0.15, -0.1) is 0 Å². The number of nitrogens with zero attached hydrogens (tertiary/aromatic N) is 2. The molecule has 3 N–H and O–H groups in total. The van der Waals surface area contributed by atoms with Crippen LogP contribution >= 0.6 is 0 Å². The molecule has 0 amide bonds. The van der Waals surface area contributed by atoms with Gasteiger partial charge in [-0.25, -0.2) is 4.39 Å². The molecule has 1 aliphatic carbocycles. The van der Waals surface area contributed by atoms with Crippen LogP contribution in [0.4, 0.5) is 4.39 Å². The van der Waals surface area contributed by atoms with Gasteiger partial charge in [0.25, 0.3) is 0 Å². The third-order valence-corrected chi connectivity index (χ3v) is 5.83. The molecule has 0 radical (unpaired) electrons. The summed E-state index contributed by atoms with van der Waals surface area (Å²) in [6.07, 6.45) is 8.05. The molecule has 23 heavy (non-hydrogen) atoms. The van der Waals surface area contributed by atoms with Crippen molar-refractivity contribution >= 4 is 0 Å². The normalized spacial score (nSPS) is 38.1. The number of hydrogen-bond acceptors (Lipinski definition) is 5. The number of halogens is 1. The summed E-state index contributed by atoms with van der Waals surface area (Å²) in [4.78, 5) is 4.44. The Balaban J connectivity index is 1.37. The summed E-state index contributed by atoms with van der Waals surface area (Å²) in [5, 5.41) is 17.1. The first kappa shape index (κ1) is 15.4. The van der Waals surface area contributed by atoms with Crippen molar-refractivity contribution in [2.75, 3.05) is 26.3 Å². The minimum absolute atomic E-state index is 0.0320. The summed E-state index contributed by atoms with van der Waals surface area (Å²) < 4.78 is 14.0. The second-order valence-electron chi connectivity index (χ2n) is 7.28. The topological polar surface area (TPSA) is 50.8 Å². The number of aliphatic hydroxyl groups is 1. The summed E-state index contributed by atoms with van der Waals surface area (Å²) in [6.45, 7) is 3.99. The predicted octanol–water partition coefficient (Wildman–Crippen LogP) is 1.10. The Labute approximate surface area is 137 Å². The molecule has 3 saturated heterocycles. The van der Waals surface area contributed by atoms with Crippen molar-refractivity contribution in [3.8, 4) is 0 Å². The highest BCUT2D eigenvalue weighted by atomic mass is 19.1. The Hall–Kier alpha value is -1.11. The van der Waals surface area contributed by atoms with Crippen LogP contribution in [0.2, 0.25) is 0 Å². The van der Waals surface area contributed by atoms with Crippen LogP contribution < -0.4 is 10.6 Å². The highest BCUT2D eigenvalue weighted by Gasteiger charge is 2.36. The maximum atomic E-state index is 14.0. The number of hydrogen-bond donors (Lipinski definition) is 3. The standard InChI is InChI=1S/C17H27FN4O/c18-13-3-1-2-4-16(13)22-10-15(19-11-22)17(23)20-14-9-21-7-5-12(14)6-8-21/h3,10,12,14,16-17,19-20,23H,1-2,4-9,11H2. The molecular weight excluding hydrogens is 295 g/mol. The second-order valence-corrected chi connectivity index (χ2v) is 7.28. The SMILES string of the molecule is OC(NC1CN2CCC1CC2)C1=CN(C2CCCC=C2F)CN1. The maximum Gasteiger partial charge on any atom is 0.147 e. The number of piperidine rings is 3. The van der Waals surface area contributed by atoms with E-state index in [4.69, 9.17) is 0 Å². The lowest BCUT2D eigenvalue weighted by atomic mass is 9.84. The summed E-state index contributed by atoms with van der Waals surface area (Å²) in [6, 6.07) is 0.188. The van der Waals surface area contributed by atoms with Gasteiger partial charge >= 0.3 is 0 Å². The van der Waals surface area contributed by atoms with E-state index >= 15 is 0 Å². The van der Waals surface area contributed by atoms with Crippen LogP contribution in [0, 0.1) is 5.92 Å². The molecule has 6 heteroatoms. The smallest absolute Gasteiger partial charge is 0.147 e. The van der Waals surface area contributed by atoms with Crippen molar-refractivity contribution in [1.29, 1.82) is 0 Å². The van der Waals surface area contributed by atoms with Gasteiger partial charge in [0, 0.05) is 18.8 Å². The van der Waals surface area contributed by atoms with Crippen molar-refractivity contribution < 1.29 is 9.50 Å². The molecule has 3 atom stereocenters. The van der Waals surface area contributed by atoms with Crippen molar-refractivity contribution in [3.05, 3.63) is 23.8 Å². The molecule has 4 aliphatic heterocycles. The van der Waals surface area contributed by atoms with E-state index in [9.17, 15) is 9.50 Å². The molecule has 5 nitrogen and oxygen atoms in total. The molecular formula is C17H27FN4O. The third-order valence-electron chi connectivity index (χ3n) is 5.83. The highest BCUT2D eigenvalue weighted by molar-refractivity contribution is 5.16. The summed E-state index contributed by atoms with van der Waals surface area (Å²) in [5.74, 6) is 0.641. The van der Waals surface area contributed by atoms with Crippen LogP contribution in [0.5, 0.6) is 0 Å². The first-order valence-corrected chi connectivity index (χ1v) is 8.94. The number of nitrogens with one attached hydrogen (secondary N) is 2. The molecule has 4 heterocycles. The molecule has 2 bridgehead atoms. The Morgan fingerprint density at radius 3 is 2.83 bits per heavy atom. The minimum Gasteiger partial charge on any atom is -0.373 e. The van der Waals surface area contributed by atoms with E-state index in [-0.39, 0.29) is 11.9 Å². The predicted molar refractivity (Wildman–Crippen MR) is 86.8 cm³/mol. The summed E-state index contributed by atoms with van der Waals surface area (Å²) in [7, 11) is 0. The molecule has 5 rings (SSSR count). The molecule has 3 unspecified atom stereocenters. The van der Waals surface area contributed by atoms with Gasteiger partial charge < -0.3 is 20.2 Å². The van der Waals surface area contributed by atoms with Gasteiger partial charge in [0.15, 0.2) is 0 Å². The van der Waals surface area contributed by atoms with Crippen LogP contribution in [0.1, 0.15) is 32.1 Å². The molecule has 0 spiro atoms. The van der Waals surface area contributed by atoms with E-state index in [1.54, 1.807) is 6.08 Å². The quantitative estimate of drug-likeness (QED) is 0.677. The van der Waals surface area contributed by atoms with Gasteiger partial charge in [0.2, 0.25) is 0 Å². The zero-order valence-corrected chi connectivity index (χ0v) is 13.5. The van der Waals surface area contributed by atoms with E-state index in [1.807, 2.05) is 11.1 Å². The Kier molecular flexibility index (Phi) is 4.30. The Bertz CT molecular complexity index is 501. The first-order chi connectivity index (χ1) is 11.2. The van der Waals surface area contributed by atoms with E-state index in [0.29, 0.717) is 18.6 Å². The summed E-state index contributed by atoms with van der Waals surface area (Å²) in [5.41, 5.74) is 0.764. The van der Waals surface area contributed by atoms with E-state index in [1.165, 1.54) is 25.9 Å². The van der Waals surface area contributed by atoms with E-state index < -0.39 is 6.23 Å². The van der Waals surface area contributed by atoms with Crippen LogP contribution in [-0.4, -0.2) is 59.5 Å². The number of aliphatic hydroxyl groups excluding tert-OH is 1. The van der Waals surface area contributed by atoms with Gasteiger partial charge in [-0.1, -0.05) is 6.08 Å². The van der Waals surface area contributed by atoms with E-state index in [2.05, 4.69) is 15.5 Å². The van der Waals surface area contributed by atoms with E-state index in [0.717, 1.165) is 31.5 Å². The van der Waals surface area contributed by atoms with Gasteiger partial charge in [-0.3, -0.25) is 5.32 Å². The average molecular weight is 322 g/mol. The van der Waals surface area contributed by atoms with Crippen LogP contribution in [-0.2, 0) is 0 Å². The number of fused-ring (bicyclic) bond motifs is 3. The highest BCUT2D eigenvalue weighted by Crippen LogP contribution is 2.29. The monoisotopic (exact) mass is 322 g/mol. The van der Waals surface area contributed by atoms with Gasteiger partial charge in [-0.2, -0.15) is 0 Å².